The summed E-state index contributed by atoms with van der Waals surface area (Å²) >= 11 is 0. The molecule has 1 N–H and O–H groups in total. The Balaban J connectivity index is 2.32. The van der Waals surface area contributed by atoms with Gasteiger partial charge in [-0.2, -0.15) is 0 Å². The van der Waals surface area contributed by atoms with Crippen molar-refractivity contribution in [1.82, 2.24) is 0 Å². The number of ether oxygens (including phenoxy) is 1. The van der Waals surface area contributed by atoms with Crippen LogP contribution in [0.25, 0.3) is 0 Å². The average molecular weight is 156 g/mol. The van der Waals surface area contributed by atoms with Crippen LogP contribution in [0.2, 0.25) is 0 Å². The highest BCUT2D eigenvalue weighted by molar-refractivity contribution is 5.86. The molecule has 3 nitrogen and oxygen atoms in total. The molecule has 1 aliphatic heterocycles. The highest BCUT2D eigenvalue weighted by Gasteiger charge is 2.27. The van der Waals surface area contributed by atoms with Crippen molar-refractivity contribution in [3.05, 3.63) is 12.2 Å². The minimum absolute atomic E-state index is 0.0278. The van der Waals surface area contributed by atoms with Gasteiger partial charge >= 0.3 is 5.97 Å². The van der Waals surface area contributed by atoms with Crippen molar-refractivity contribution in [2.24, 2.45) is 5.92 Å². The van der Waals surface area contributed by atoms with Gasteiger partial charge in [0.05, 0.1) is 12.7 Å². The summed E-state index contributed by atoms with van der Waals surface area (Å²) in [6.45, 7) is 6.11. The number of carbonyl (C=O) groups is 1. The molecule has 1 saturated heterocycles. The van der Waals surface area contributed by atoms with Gasteiger partial charge in [-0.05, 0) is 12.3 Å². The van der Waals surface area contributed by atoms with E-state index in [0.29, 0.717) is 0 Å². The predicted molar refractivity (Wildman–Crippen MR) is 40.3 cm³/mol. The molecule has 0 aromatic heterocycles. The molecule has 1 heterocycles. The van der Waals surface area contributed by atoms with Crippen molar-refractivity contribution in [2.45, 2.75) is 19.4 Å². The molecule has 0 aliphatic carbocycles. The molecule has 1 rings (SSSR count). The van der Waals surface area contributed by atoms with E-state index in [4.69, 9.17) is 9.84 Å². The number of hydrogen-bond donors (Lipinski definition) is 1. The van der Waals surface area contributed by atoms with Crippen LogP contribution >= 0.6 is 0 Å². The topological polar surface area (TPSA) is 49.8 Å². The highest BCUT2D eigenvalue weighted by Crippen LogP contribution is 2.23. The zero-order chi connectivity index (χ0) is 8.43. The lowest BCUT2D eigenvalue weighted by molar-refractivity contribution is -0.133. The molecule has 0 aromatic rings. The maximum atomic E-state index is 10.4. The minimum atomic E-state index is -0.904. The van der Waals surface area contributed by atoms with Crippen molar-refractivity contribution in [1.29, 1.82) is 0 Å². The van der Waals surface area contributed by atoms with Gasteiger partial charge in [-0.15, -0.1) is 0 Å². The molecule has 0 radical (unpaired) electrons. The maximum absolute atomic E-state index is 10.4. The number of rotatable bonds is 4. The van der Waals surface area contributed by atoms with Gasteiger partial charge in [-0.25, -0.2) is 4.79 Å². The summed E-state index contributed by atoms with van der Waals surface area (Å²) in [7, 11) is 0. The largest absolute Gasteiger partial charge is 0.478 e. The number of epoxide rings is 1. The van der Waals surface area contributed by atoms with E-state index < -0.39 is 5.97 Å². The molecule has 0 aromatic carbocycles. The van der Waals surface area contributed by atoms with Gasteiger partial charge in [0.25, 0.3) is 0 Å². The Kier molecular flexibility index (Phi) is 2.29. The van der Waals surface area contributed by atoms with E-state index in [1.165, 1.54) is 0 Å². The van der Waals surface area contributed by atoms with Crippen LogP contribution in [0.15, 0.2) is 12.2 Å². The van der Waals surface area contributed by atoms with Crippen LogP contribution in [0.1, 0.15) is 13.3 Å². The maximum Gasteiger partial charge on any atom is 0.331 e. The Hall–Kier alpha value is -0.830. The molecule has 0 amide bonds. The molecule has 11 heavy (non-hydrogen) atoms. The molecule has 1 aliphatic rings. The van der Waals surface area contributed by atoms with Crippen LogP contribution in [0.5, 0.6) is 0 Å². The summed E-state index contributed by atoms with van der Waals surface area (Å²) in [4.78, 5) is 10.4. The molecular weight excluding hydrogens is 144 g/mol. The van der Waals surface area contributed by atoms with Gasteiger partial charge in [0, 0.05) is 5.57 Å². The standard InChI is InChI=1S/C8H12O3/c1-5(3-7-4-11-7)6(2)8(9)10/h5,7H,2-4H2,1H3,(H,9,10). The first-order valence-corrected chi connectivity index (χ1v) is 3.65. The number of carboxylic acid groups (broad SMARTS) is 1. The first kappa shape index (κ1) is 8.27. The lowest BCUT2D eigenvalue weighted by atomic mass is 9.98. The van der Waals surface area contributed by atoms with E-state index in [1.807, 2.05) is 6.92 Å². The fraction of sp³-hybridized carbons (Fsp3) is 0.625. The first-order valence-electron chi connectivity index (χ1n) is 3.65. The van der Waals surface area contributed by atoms with Gasteiger partial charge in [0.1, 0.15) is 0 Å². The summed E-state index contributed by atoms with van der Waals surface area (Å²) in [5.74, 6) is -0.877. The fourth-order valence-electron chi connectivity index (χ4n) is 0.952. The van der Waals surface area contributed by atoms with Gasteiger partial charge in [0.2, 0.25) is 0 Å². The van der Waals surface area contributed by atoms with Gasteiger partial charge in [-0.1, -0.05) is 13.5 Å². The molecule has 2 atom stereocenters. The van der Waals surface area contributed by atoms with Crippen LogP contribution in [-0.4, -0.2) is 23.8 Å². The predicted octanol–water partition coefficient (Wildman–Crippen LogP) is 1.05. The second-order valence-corrected chi connectivity index (χ2v) is 2.92. The number of hydrogen-bond acceptors (Lipinski definition) is 2. The van der Waals surface area contributed by atoms with E-state index in [9.17, 15) is 4.79 Å². The molecule has 2 unspecified atom stereocenters. The van der Waals surface area contributed by atoms with Crippen molar-refractivity contribution >= 4 is 5.97 Å². The van der Waals surface area contributed by atoms with Crippen LogP contribution in [0.3, 0.4) is 0 Å². The van der Waals surface area contributed by atoms with Crippen LogP contribution in [0.4, 0.5) is 0 Å². The van der Waals surface area contributed by atoms with E-state index in [0.717, 1.165) is 13.0 Å². The Morgan fingerprint density at radius 2 is 2.45 bits per heavy atom. The zero-order valence-electron chi connectivity index (χ0n) is 6.54. The smallest absolute Gasteiger partial charge is 0.331 e. The van der Waals surface area contributed by atoms with Gasteiger partial charge in [-0.3, -0.25) is 0 Å². The monoisotopic (exact) mass is 156 g/mol. The van der Waals surface area contributed by atoms with Gasteiger partial charge in [0.15, 0.2) is 0 Å². The lowest BCUT2D eigenvalue weighted by Crippen LogP contribution is -2.10. The quantitative estimate of drug-likeness (QED) is 0.489. The summed E-state index contributed by atoms with van der Waals surface area (Å²) in [5, 5.41) is 8.55. The van der Waals surface area contributed by atoms with Crippen molar-refractivity contribution in [2.75, 3.05) is 6.61 Å². The Bertz CT molecular complexity index is 182. The summed E-state index contributed by atoms with van der Waals surface area (Å²) in [6, 6.07) is 0. The highest BCUT2D eigenvalue weighted by atomic mass is 16.6. The third-order valence-corrected chi connectivity index (χ3v) is 1.89. The van der Waals surface area contributed by atoms with E-state index in [1.54, 1.807) is 0 Å². The molecule has 3 heteroatoms. The van der Waals surface area contributed by atoms with Crippen LogP contribution in [0, 0.1) is 5.92 Å². The molecule has 0 saturated carbocycles. The Morgan fingerprint density at radius 3 is 2.82 bits per heavy atom. The third-order valence-electron chi connectivity index (χ3n) is 1.89. The van der Waals surface area contributed by atoms with Crippen molar-refractivity contribution < 1.29 is 14.6 Å². The van der Waals surface area contributed by atoms with Crippen LogP contribution in [-0.2, 0) is 9.53 Å². The summed E-state index contributed by atoms with van der Waals surface area (Å²) in [6.07, 6.45) is 1.06. The normalized spacial score (nSPS) is 24.3. The van der Waals surface area contributed by atoms with Crippen LogP contribution < -0.4 is 0 Å². The first-order chi connectivity index (χ1) is 5.11. The Morgan fingerprint density at radius 1 is 1.91 bits per heavy atom. The van der Waals surface area contributed by atoms with Crippen molar-refractivity contribution in [3.8, 4) is 0 Å². The van der Waals surface area contributed by atoms with E-state index >= 15 is 0 Å². The number of aliphatic carboxylic acids is 1. The molecule has 1 fully saturated rings. The van der Waals surface area contributed by atoms with Crippen molar-refractivity contribution in [3.63, 3.8) is 0 Å². The van der Waals surface area contributed by atoms with E-state index in [-0.39, 0.29) is 17.6 Å². The minimum Gasteiger partial charge on any atom is -0.478 e. The lowest BCUT2D eigenvalue weighted by Gasteiger charge is -2.07. The zero-order valence-corrected chi connectivity index (χ0v) is 6.54. The SMILES string of the molecule is C=C(C(=O)O)C(C)CC1CO1. The van der Waals surface area contributed by atoms with Gasteiger partial charge < -0.3 is 9.84 Å². The molecule has 0 spiro atoms. The Labute approximate surface area is 65.7 Å². The third kappa shape index (κ3) is 2.35. The second kappa shape index (κ2) is 3.05. The second-order valence-electron chi connectivity index (χ2n) is 2.92. The fourth-order valence-corrected chi connectivity index (χ4v) is 0.952. The summed E-state index contributed by atoms with van der Waals surface area (Å²) < 4.78 is 4.98. The summed E-state index contributed by atoms with van der Waals surface area (Å²) in [5.41, 5.74) is 0.278. The van der Waals surface area contributed by atoms with E-state index in [2.05, 4.69) is 6.58 Å². The average Bonchev–Trinajstić information content (AvgIpc) is 2.69. The molecule has 0 bridgehead atoms. The molecular formula is C8H12O3. The number of carboxylic acids is 1. The molecule has 62 valence electrons.